The van der Waals surface area contributed by atoms with Crippen molar-refractivity contribution in [2.75, 3.05) is 0 Å². The molecule has 0 aliphatic heterocycles. The van der Waals surface area contributed by atoms with Crippen molar-refractivity contribution in [3.8, 4) is 27.9 Å². The molecule has 0 spiro atoms. The fourth-order valence-electron chi connectivity index (χ4n) is 5.28. The lowest BCUT2D eigenvalue weighted by Crippen LogP contribution is -1.95. The first-order valence-corrected chi connectivity index (χ1v) is 12.2. The Labute approximate surface area is 234 Å². The average molecular weight is 495 g/mol. The molecule has 0 saturated carbocycles. The van der Waals surface area contributed by atoms with Gasteiger partial charge in [0.2, 0.25) is 0 Å². The van der Waals surface area contributed by atoms with Gasteiger partial charge in [0, 0.05) is 32.7 Å². The van der Waals surface area contributed by atoms with Crippen molar-refractivity contribution in [3.05, 3.63) is 139 Å². The minimum absolute atomic E-state index is 0.0687. The molecule has 8 aromatic rings. The molecule has 0 atom stereocenters. The lowest BCUT2D eigenvalue weighted by Gasteiger charge is -2.12. The number of aromatic nitrogens is 2. The van der Waals surface area contributed by atoms with Crippen LogP contribution in [0.25, 0.3) is 71.6 Å². The highest BCUT2D eigenvalue weighted by Crippen LogP contribution is 2.39. The molecule has 2 aromatic heterocycles. The van der Waals surface area contributed by atoms with E-state index in [0.29, 0.717) is 5.69 Å². The van der Waals surface area contributed by atoms with Crippen molar-refractivity contribution in [3.63, 3.8) is 0 Å². The summed E-state index contributed by atoms with van der Waals surface area (Å²) < 4.78 is 88.6. The predicted molar refractivity (Wildman–Crippen MR) is 161 cm³/mol. The molecule has 0 aliphatic rings. The molecule has 2 nitrogen and oxygen atoms in total. The number of fused-ring (bicyclic) bond motifs is 7. The standard InChI is InChI=1S/C36H24N2/c1-2-10-24(11-3-1)25-12-8-13-26(22-25)27-14-9-15-28(23-27)38-34-19-7-5-17-30(34)32-21-20-31-29-16-4-6-18-33(29)37-35(31)36(32)38/h1-23,37H/i4D,5D,6D,7D,16D,17D,18D,19D,20D,21D. The molecule has 8 rings (SSSR count). The monoisotopic (exact) mass is 494 g/mol. The second-order valence-corrected chi connectivity index (χ2v) is 9.15. The molecule has 2 heteroatoms. The Balaban J connectivity index is 1.54. The number of rotatable bonds is 3. The molecule has 38 heavy (non-hydrogen) atoms. The third kappa shape index (κ3) is 3.14. The minimum atomic E-state index is -0.472. The predicted octanol–water partition coefficient (Wildman–Crippen LogP) is 9.75. The third-order valence-corrected chi connectivity index (χ3v) is 7.00. The van der Waals surface area contributed by atoms with Crippen LogP contribution in [0.15, 0.2) is 139 Å². The Morgan fingerprint density at radius 1 is 0.526 bits per heavy atom. The smallest absolute Gasteiger partial charge is 0.0783 e. The summed E-state index contributed by atoms with van der Waals surface area (Å²) in [7, 11) is 0. The Morgan fingerprint density at radius 2 is 1.18 bits per heavy atom. The molecule has 0 fully saturated rings. The Kier molecular flexibility index (Phi) is 2.91. The van der Waals surface area contributed by atoms with Crippen molar-refractivity contribution in [1.29, 1.82) is 0 Å². The number of hydrogen-bond acceptors (Lipinski definition) is 0. The molecule has 1 N–H and O–H groups in total. The van der Waals surface area contributed by atoms with E-state index in [1.807, 2.05) is 66.7 Å². The summed E-state index contributed by atoms with van der Waals surface area (Å²) in [6.45, 7) is 0. The van der Waals surface area contributed by atoms with Crippen molar-refractivity contribution in [2.45, 2.75) is 0 Å². The van der Waals surface area contributed by atoms with Gasteiger partial charge in [-0.05, 0) is 52.5 Å². The summed E-state index contributed by atoms with van der Waals surface area (Å²) in [5.74, 6) is 0. The Morgan fingerprint density at radius 3 is 2.05 bits per heavy atom. The van der Waals surface area contributed by atoms with E-state index in [0.717, 1.165) is 22.3 Å². The summed E-state index contributed by atoms with van der Waals surface area (Å²) in [4.78, 5) is 3.13. The van der Waals surface area contributed by atoms with Crippen molar-refractivity contribution in [2.24, 2.45) is 0 Å². The molecular weight excluding hydrogens is 460 g/mol. The first kappa shape index (κ1) is 13.5. The van der Waals surface area contributed by atoms with Crippen molar-refractivity contribution < 1.29 is 13.7 Å². The van der Waals surface area contributed by atoms with Crippen LogP contribution in [-0.4, -0.2) is 9.55 Å². The van der Waals surface area contributed by atoms with Gasteiger partial charge in [0.05, 0.1) is 30.3 Å². The van der Waals surface area contributed by atoms with Crippen LogP contribution < -0.4 is 0 Å². The van der Waals surface area contributed by atoms with Crippen LogP contribution in [0, 0.1) is 0 Å². The van der Waals surface area contributed by atoms with Gasteiger partial charge in [-0.2, -0.15) is 0 Å². The van der Waals surface area contributed by atoms with Crippen molar-refractivity contribution >= 4 is 43.6 Å². The van der Waals surface area contributed by atoms with E-state index in [2.05, 4.69) is 11.1 Å². The summed E-state index contributed by atoms with van der Waals surface area (Å²) in [5, 5.41) is 0.374. The van der Waals surface area contributed by atoms with Crippen LogP contribution in [0.1, 0.15) is 13.7 Å². The molecular formula is C36H24N2. The second kappa shape index (κ2) is 8.22. The number of H-pyrrole nitrogens is 1. The van der Waals surface area contributed by atoms with Crippen LogP contribution in [0.2, 0.25) is 0 Å². The Bertz CT molecular complexity index is 2680. The molecule has 0 unspecified atom stereocenters. The SMILES string of the molecule is [2H]c1c([2H])c([2H])c2c([nH]c3c2c([2H])c([2H])c2c4c([2H])c([2H])c([2H])c([2H])c4n(-c4cccc(-c5cccc(-c6ccccc6)c5)c4)c32)c1[2H]. The highest BCUT2D eigenvalue weighted by atomic mass is 15.0. The van der Waals surface area contributed by atoms with E-state index < -0.39 is 24.2 Å². The van der Waals surface area contributed by atoms with E-state index in [-0.39, 0.29) is 79.9 Å². The molecule has 0 saturated heterocycles. The van der Waals surface area contributed by atoms with Gasteiger partial charge in [0.1, 0.15) is 0 Å². The summed E-state index contributed by atoms with van der Waals surface area (Å²) in [6, 6.07) is 21.7. The molecule has 0 radical (unpaired) electrons. The number of para-hydroxylation sites is 2. The fraction of sp³-hybridized carbons (Fsp3) is 0. The maximum atomic E-state index is 9.18. The van der Waals surface area contributed by atoms with Crippen LogP contribution >= 0.6 is 0 Å². The number of aromatic amines is 1. The number of benzene rings is 6. The number of nitrogens with one attached hydrogen (secondary N) is 1. The van der Waals surface area contributed by atoms with Crippen LogP contribution in [0.4, 0.5) is 0 Å². The molecule has 0 amide bonds. The first-order valence-electron chi connectivity index (χ1n) is 17.2. The van der Waals surface area contributed by atoms with E-state index >= 15 is 0 Å². The molecule has 0 bridgehead atoms. The summed E-state index contributed by atoms with van der Waals surface area (Å²) in [5.41, 5.74) is 5.04. The fourth-order valence-corrected chi connectivity index (χ4v) is 5.28. The van der Waals surface area contributed by atoms with Gasteiger partial charge in [-0.25, -0.2) is 0 Å². The quantitative estimate of drug-likeness (QED) is 0.252. The van der Waals surface area contributed by atoms with Gasteiger partial charge < -0.3 is 9.55 Å². The first-order chi connectivity index (χ1) is 23.0. The zero-order valence-corrected chi connectivity index (χ0v) is 20.0. The van der Waals surface area contributed by atoms with E-state index in [1.54, 1.807) is 10.6 Å². The largest absolute Gasteiger partial charge is 0.353 e. The lowest BCUT2D eigenvalue weighted by molar-refractivity contribution is 1.18. The zero-order chi connectivity index (χ0) is 33.8. The number of hydrogen-bond donors (Lipinski definition) is 1. The summed E-state index contributed by atoms with van der Waals surface area (Å²) >= 11 is 0. The third-order valence-electron chi connectivity index (χ3n) is 7.00. The maximum absolute atomic E-state index is 9.18. The van der Waals surface area contributed by atoms with Gasteiger partial charge in [0.15, 0.2) is 0 Å². The van der Waals surface area contributed by atoms with Gasteiger partial charge in [0.25, 0.3) is 0 Å². The van der Waals surface area contributed by atoms with E-state index in [1.165, 1.54) is 0 Å². The maximum Gasteiger partial charge on any atom is 0.0783 e. The van der Waals surface area contributed by atoms with Gasteiger partial charge in [-0.15, -0.1) is 0 Å². The van der Waals surface area contributed by atoms with Gasteiger partial charge >= 0.3 is 0 Å². The van der Waals surface area contributed by atoms with Crippen LogP contribution in [-0.2, 0) is 0 Å². The Hall–Kier alpha value is -5.08. The topological polar surface area (TPSA) is 20.7 Å². The van der Waals surface area contributed by atoms with E-state index in [4.69, 9.17) is 12.3 Å². The van der Waals surface area contributed by atoms with Gasteiger partial charge in [-0.1, -0.05) is 109 Å². The molecule has 6 aromatic carbocycles. The van der Waals surface area contributed by atoms with Crippen molar-refractivity contribution in [1.82, 2.24) is 9.55 Å². The molecule has 178 valence electrons. The molecule has 0 aliphatic carbocycles. The normalized spacial score (nSPS) is 15.4. The number of nitrogens with zero attached hydrogens (tertiary/aromatic N) is 1. The van der Waals surface area contributed by atoms with Crippen LogP contribution in [0.3, 0.4) is 0 Å². The summed E-state index contributed by atoms with van der Waals surface area (Å²) in [6.07, 6.45) is 0. The second-order valence-electron chi connectivity index (χ2n) is 9.15. The molecule has 2 heterocycles. The van der Waals surface area contributed by atoms with Gasteiger partial charge in [-0.3, -0.25) is 0 Å². The minimum Gasteiger partial charge on any atom is -0.353 e. The highest BCUT2D eigenvalue weighted by Gasteiger charge is 2.17. The van der Waals surface area contributed by atoms with Crippen LogP contribution in [0.5, 0.6) is 0 Å². The highest BCUT2D eigenvalue weighted by molar-refractivity contribution is 6.22. The lowest BCUT2D eigenvalue weighted by atomic mass is 9.99. The zero-order valence-electron chi connectivity index (χ0n) is 30.0. The average Bonchev–Trinajstić information content (AvgIpc) is 3.69. The van der Waals surface area contributed by atoms with E-state index in [9.17, 15) is 1.37 Å².